The molecule has 1 aliphatic heterocycles. The van der Waals surface area contributed by atoms with E-state index in [0.29, 0.717) is 10.6 Å². The number of nitrogens with zero attached hydrogens (tertiary/aromatic N) is 3. The van der Waals surface area contributed by atoms with Crippen LogP contribution in [0.2, 0.25) is 10.0 Å². The summed E-state index contributed by atoms with van der Waals surface area (Å²) in [4.78, 5) is 2.31. The number of anilines is 1. The number of aromatic nitrogens is 2. The Morgan fingerprint density at radius 3 is 1.79 bits per heavy atom. The molecule has 0 bridgehead atoms. The Hall–Kier alpha value is -3.62. The van der Waals surface area contributed by atoms with E-state index >= 15 is 0 Å². The van der Waals surface area contributed by atoms with Crippen molar-refractivity contribution in [1.29, 1.82) is 0 Å². The summed E-state index contributed by atoms with van der Waals surface area (Å²) in [5, 5.41) is 16.8. The van der Waals surface area contributed by atoms with Crippen molar-refractivity contribution in [3.05, 3.63) is 148 Å². The van der Waals surface area contributed by atoms with Gasteiger partial charge >= 0.3 is 0 Å². The van der Waals surface area contributed by atoms with Crippen molar-refractivity contribution in [1.82, 2.24) is 14.5 Å². The first-order valence-corrected chi connectivity index (χ1v) is 17.8. The van der Waals surface area contributed by atoms with Crippen LogP contribution in [-0.2, 0) is 16.5 Å². The second-order valence-corrected chi connectivity index (χ2v) is 15.9. The Balaban J connectivity index is 1.32. The van der Waals surface area contributed by atoms with Gasteiger partial charge < -0.3 is 10.0 Å². The molecule has 6 nitrogen and oxygen atoms in total. The predicted molar refractivity (Wildman–Crippen MR) is 194 cm³/mol. The summed E-state index contributed by atoms with van der Waals surface area (Å²) in [6.07, 6.45) is 3.68. The van der Waals surface area contributed by atoms with Crippen LogP contribution in [0.25, 0.3) is 0 Å². The minimum absolute atomic E-state index is 0.0445. The molecule has 1 aliphatic rings. The Morgan fingerprint density at radius 2 is 1.30 bits per heavy atom. The maximum absolute atomic E-state index is 13.3. The van der Waals surface area contributed by atoms with E-state index in [1.54, 1.807) is 6.07 Å². The Kier molecular flexibility index (Phi) is 9.81. The third-order valence-corrected chi connectivity index (χ3v) is 11.3. The highest BCUT2D eigenvalue weighted by Crippen LogP contribution is 2.43. The van der Waals surface area contributed by atoms with Crippen LogP contribution in [0.1, 0.15) is 61.9 Å². The average molecular weight is 688 g/mol. The first-order valence-electron chi connectivity index (χ1n) is 15.9. The molecule has 5 aromatic rings. The molecule has 1 unspecified atom stereocenters. The summed E-state index contributed by atoms with van der Waals surface area (Å²) in [6.45, 7) is 7.29. The van der Waals surface area contributed by atoms with Crippen LogP contribution in [-0.4, -0.2) is 36.9 Å². The molecule has 1 fully saturated rings. The van der Waals surface area contributed by atoms with Crippen LogP contribution in [0.15, 0.2) is 115 Å². The van der Waals surface area contributed by atoms with Gasteiger partial charge in [-0.05, 0) is 62.3 Å². The van der Waals surface area contributed by atoms with Gasteiger partial charge in [0.2, 0.25) is 0 Å². The summed E-state index contributed by atoms with van der Waals surface area (Å²) in [5.41, 5.74) is 3.28. The second-order valence-electron chi connectivity index (χ2n) is 13.1. The summed E-state index contributed by atoms with van der Waals surface area (Å²) < 4.78 is 18.3. The largest absolute Gasteiger partial charge is 0.508 e. The molecular formula is C38H40Cl2N4O2S. The molecule has 0 saturated carbocycles. The van der Waals surface area contributed by atoms with Gasteiger partial charge in [-0.15, -0.1) is 0 Å². The molecular weight excluding hydrogens is 647 g/mol. The van der Waals surface area contributed by atoms with E-state index in [1.165, 1.54) is 6.07 Å². The fourth-order valence-electron chi connectivity index (χ4n) is 6.57. The number of piperidine rings is 1. The first kappa shape index (κ1) is 33.3. The van der Waals surface area contributed by atoms with Crippen molar-refractivity contribution >= 4 is 40.0 Å². The van der Waals surface area contributed by atoms with Crippen molar-refractivity contribution in [2.24, 2.45) is 5.92 Å². The molecule has 1 saturated heterocycles. The third kappa shape index (κ3) is 6.72. The molecule has 244 valence electrons. The van der Waals surface area contributed by atoms with Gasteiger partial charge in [0.25, 0.3) is 0 Å². The normalized spacial score (nSPS) is 15.8. The van der Waals surface area contributed by atoms with Crippen LogP contribution < -0.4 is 9.62 Å². The maximum Gasteiger partial charge on any atom is 0.150 e. The number of rotatable bonds is 9. The minimum Gasteiger partial charge on any atom is -0.508 e. The zero-order valence-corrected chi connectivity index (χ0v) is 29.1. The molecule has 0 radical (unpaired) electrons. The molecule has 47 heavy (non-hydrogen) atoms. The maximum atomic E-state index is 13.3. The highest BCUT2D eigenvalue weighted by molar-refractivity contribution is 7.84. The summed E-state index contributed by atoms with van der Waals surface area (Å²) in [7, 11) is -1.36. The van der Waals surface area contributed by atoms with E-state index in [1.807, 2.05) is 39.0 Å². The van der Waals surface area contributed by atoms with E-state index in [2.05, 4.69) is 99.4 Å². The molecule has 2 N–H and O–H groups in total. The molecule has 4 aromatic carbocycles. The number of hydrogen-bond acceptors (Lipinski definition) is 4. The number of phenols is 1. The minimum atomic E-state index is -1.36. The quantitative estimate of drug-likeness (QED) is 0.152. The van der Waals surface area contributed by atoms with Crippen molar-refractivity contribution in [3.8, 4) is 5.75 Å². The van der Waals surface area contributed by atoms with Crippen LogP contribution in [0.3, 0.4) is 0 Å². The van der Waals surface area contributed by atoms with Gasteiger partial charge in [0.15, 0.2) is 5.82 Å². The molecule has 2 heterocycles. The lowest BCUT2D eigenvalue weighted by Gasteiger charge is -2.38. The van der Waals surface area contributed by atoms with Crippen molar-refractivity contribution < 1.29 is 9.32 Å². The lowest BCUT2D eigenvalue weighted by Crippen LogP contribution is -2.43. The van der Waals surface area contributed by atoms with Gasteiger partial charge in [-0.25, -0.2) is 8.93 Å². The second kappa shape index (κ2) is 13.9. The topological polar surface area (TPSA) is 70.4 Å². The number of hydrogen-bond donors (Lipinski definition) is 2. The first-order chi connectivity index (χ1) is 22.6. The third-order valence-electron chi connectivity index (χ3n) is 9.02. The van der Waals surface area contributed by atoms with Gasteiger partial charge in [0.1, 0.15) is 11.3 Å². The summed E-state index contributed by atoms with van der Waals surface area (Å²) >= 11 is 12.6. The zero-order chi connectivity index (χ0) is 33.2. The Labute approximate surface area is 289 Å². The van der Waals surface area contributed by atoms with E-state index in [0.717, 1.165) is 48.4 Å². The molecule has 0 spiro atoms. The SMILES string of the molecule is CC(C)(C)S(=O)N[C@@H](c1cc(Cl)c(Cl)cc1O)C1CCN(c2ccn(C(c3ccccc3)(c3ccccc3)c3ccccc3)n2)CC1. The summed E-state index contributed by atoms with van der Waals surface area (Å²) in [5.74, 6) is 1.04. The smallest absolute Gasteiger partial charge is 0.150 e. The van der Waals surface area contributed by atoms with Gasteiger partial charge in [-0.3, -0.25) is 4.68 Å². The van der Waals surface area contributed by atoms with E-state index in [4.69, 9.17) is 28.3 Å². The number of halogens is 2. The zero-order valence-electron chi connectivity index (χ0n) is 26.8. The number of aromatic hydroxyl groups is 1. The molecule has 9 heteroatoms. The fraction of sp³-hybridized carbons (Fsp3) is 0.289. The van der Waals surface area contributed by atoms with Crippen LogP contribution in [0.5, 0.6) is 5.75 Å². The van der Waals surface area contributed by atoms with Crippen LogP contribution in [0, 0.1) is 5.92 Å². The highest BCUT2D eigenvalue weighted by Gasteiger charge is 2.40. The standard InChI is InChI=1S/C38H40Cl2N4O2S/c1-37(2,3)47(46)42-36(31-25-32(39)33(40)26-34(31)45)27-19-22-43(23-20-27)35-21-24-44(41-35)38(28-13-7-4-8-14-28,29-15-9-5-10-16-29)30-17-11-6-12-18-30/h4-18,21,24-27,36,42,45H,19-20,22-23H2,1-3H3/t36-,47?/m1/s1. The lowest BCUT2D eigenvalue weighted by atomic mass is 9.77. The van der Waals surface area contributed by atoms with Gasteiger partial charge in [-0.2, -0.15) is 5.10 Å². The van der Waals surface area contributed by atoms with E-state index in [-0.39, 0.29) is 22.7 Å². The van der Waals surface area contributed by atoms with Crippen molar-refractivity contribution in [2.75, 3.05) is 18.0 Å². The van der Waals surface area contributed by atoms with Gasteiger partial charge in [0.05, 0.1) is 31.8 Å². The Bertz CT molecular complexity index is 1720. The predicted octanol–water partition coefficient (Wildman–Crippen LogP) is 8.75. The van der Waals surface area contributed by atoms with Crippen molar-refractivity contribution in [2.45, 2.75) is 49.9 Å². The van der Waals surface area contributed by atoms with Gasteiger partial charge in [0, 0.05) is 37.0 Å². The average Bonchev–Trinajstić information content (AvgIpc) is 3.57. The fourth-order valence-corrected chi connectivity index (χ4v) is 7.81. The monoisotopic (exact) mass is 686 g/mol. The number of phenolic OH excluding ortho intramolecular Hbond substituents is 1. The van der Waals surface area contributed by atoms with Crippen LogP contribution in [0.4, 0.5) is 5.82 Å². The van der Waals surface area contributed by atoms with Gasteiger partial charge in [-0.1, -0.05) is 114 Å². The molecule has 2 atom stereocenters. The van der Waals surface area contributed by atoms with E-state index in [9.17, 15) is 9.32 Å². The summed E-state index contributed by atoms with van der Waals surface area (Å²) in [6, 6.07) is 36.5. The molecule has 1 aromatic heterocycles. The number of nitrogens with one attached hydrogen (secondary N) is 1. The van der Waals surface area contributed by atoms with Crippen molar-refractivity contribution in [3.63, 3.8) is 0 Å². The molecule has 6 rings (SSSR count). The lowest BCUT2D eigenvalue weighted by molar-refractivity contribution is 0.320. The Morgan fingerprint density at radius 1 is 0.809 bits per heavy atom. The number of benzene rings is 4. The molecule has 0 aliphatic carbocycles. The van der Waals surface area contributed by atoms with Crippen LogP contribution >= 0.6 is 23.2 Å². The van der Waals surface area contributed by atoms with E-state index < -0.39 is 21.3 Å². The molecule has 0 amide bonds. The highest BCUT2D eigenvalue weighted by atomic mass is 35.5.